The first kappa shape index (κ1) is 17.6. The quantitative estimate of drug-likeness (QED) is 0.874. The molecule has 0 radical (unpaired) electrons. The Bertz CT molecular complexity index is 784. The number of hydrogen-bond donors (Lipinski definition) is 1. The zero-order valence-electron chi connectivity index (χ0n) is 13.6. The fourth-order valence-corrected chi connectivity index (χ4v) is 2.85. The standard InChI is InChI=1S/C16H21FN2O3S/c1-10(2)14-8-19-16(22-14)9-18-11(3)12-5-6-15(13(17)7-12)23(4,20)21/h5-8,10-11,18H,9H2,1-4H3/t11-/m1/s1. The van der Waals surface area contributed by atoms with Crippen LogP contribution in [0.1, 0.15) is 49.9 Å². The first-order chi connectivity index (χ1) is 10.7. The van der Waals surface area contributed by atoms with Gasteiger partial charge in [-0.05, 0) is 24.6 Å². The van der Waals surface area contributed by atoms with Crippen molar-refractivity contribution in [3.05, 3.63) is 47.4 Å². The monoisotopic (exact) mass is 340 g/mol. The fraction of sp³-hybridized carbons (Fsp3) is 0.438. The first-order valence-corrected chi connectivity index (χ1v) is 9.25. The highest BCUT2D eigenvalue weighted by molar-refractivity contribution is 7.90. The van der Waals surface area contributed by atoms with Gasteiger partial charge in [0.25, 0.3) is 0 Å². The van der Waals surface area contributed by atoms with Gasteiger partial charge in [-0.1, -0.05) is 19.9 Å². The second-order valence-electron chi connectivity index (χ2n) is 5.88. The van der Waals surface area contributed by atoms with Gasteiger partial charge >= 0.3 is 0 Å². The van der Waals surface area contributed by atoms with Crippen LogP contribution in [0.5, 0.6) is 0 Å². The molecular formula is C16H21FN2O3S. The maximum atomic E-state index is 13.9. The molecule has 0 fully saturated rings. The average molecular weight is 340 g/mol. The molecule has 0 aliphatic rings. The van der Waals surface area contributed by atoms with Gasteiger partial charge in [0.05, 0.1) is 12.7 Å². The van der Waals surface area contributed by atoms with E-state index in [4.69, 9.17) is 4.42 Å². The molecule has 2 rings (SSSR count). The molecule has 1 heterocycles. The van der Waals surface area contributed by atoms with Crippen LogP contribution in [0.25, 0.3) is 0 Å². The number of benzene rings is 1. The largest absolute Gasteiger partial charge is 0.444 e. The highest BCUT2D eigenvalue weighted by atomic mass is 32.2. The van der Waals surface area contributed by atoms with E-state index in [1.165, 1.54) is 12.1 Å². The number of rotatable bonds is 6. The van der Waals surface area contributed by atoms with Gasteiger partial charge in [-0.15, -0.1) is 0 Å². The van der Waals surface area contributed by atoms with E-state index in [1.807, 2.05) is 20.8 Å². The van der Waals surface area contributed by atoms with Crippen LogP contribution in [0, 0.1) is 5.82 Å². The van der Waals surface area contributed by atoms with Gasteiger partial charge in [0.2, 0.25) is 5.89 Å². The molecule has 5 nitrogen and oxygen atoms in total. The zero-order chi connectivity index (χ0) is 17.2. The molecule has 7 heteroatoms. The van der Waals surface area contributed by atoms with Gasteiger partial charge in [-0.3, -0.25) is 0 Å². The number of nitrogens with zero attached hydrogens (tertiary/aromatic N) is 1. The van der Waals surface area contributed by atoms with Crippen molar-refractivity contribution in [2.45, 2.75) is 44.2 Å². The molecule has 1 atom stereocenters. The Morgan fingerprint density at radius 1 is 1.30 bits per heavy atom. The van der Waals surface area contributed by atoms with Crippen LogP contribution >= 0.6 is 0 Å². The Morgan fingerprint density at radius 2 is 2.00 bits per heavy atom. The SMILES string of the molecule is CC(C)c1cnc(CN[C@H](C)c2ccc(S(C)(=O)=O)c(F)c2)o1. The number of oxazole rings is 1. The molecular weight excluding hydrogens is 319 g/mol. The molecule has 0 saturated carbocycles. The lowest BCUT2D eigenvalue weighted by molar-refractivity contribution is 0.410. The summed E-state index contributed by atoms with van der Waals surface area (Å²) in [5.41, 5.74) is 0.658. The van der Waals surface area contributed by atoms with Crippen molar-refractivity contribution in [1.29, 1.82) is 0 Å². The third-order valence-corrected chi connectivity index (χ3v) is 4.69. The molecule has 1 N–H and O–H groups in total. The Kier molecular flexibility index (Phi) is 5.21. The highest BCUT2D eigenvalue weighted by Crippen LogP contribution is 2.21. The molecule has 0 saturated heterocycles. The van der Waals surface area contributed by atoms with Crippen LogP contribution in [0.4, 0.5) is 4.39 Å². The second-order valence-corrected chi connectivity index (χ2v) is 7.86. The van der Waals surface area contributed by atoms with Crippen molar-refractivity contribution in [2.24, 2.45) is 0 Å². The number of nitrogens with one attached hydrogen (secondary N) is 1. The lowest BCUT2D eigenvalue weighted by atomic mass is 10.1. The minimum Gasteiger partial charge on any atom is -0.444 e. The topological polar surface area (TPSA) is 72.2 Å². The van der Waals surface area contributed by atoms with Crippen LogP contribution in [0.3, 0.4) is 0 Å². The summed E-state index contributed by atoms with van der Waals surface area (Å²) in [5.74, 6) is 0.912. The lowest BCUT2D eigenvalue weighted by Crippen LogP contribution is -2.18. The summed E-state index contributed by atoms with van der Waals surface area (Å²) in [6, 6.07) is 3.96. The number of sulfone groups is 1. The van der Waals surface area contributed by atoms with Crippen LogP contribution in [-0.2, 0) is 16.4 Å². The minimum absolute atomic E-state index is 0.174. The summed E-state index contributed by atoms with van der Waals surface area (Å²) in [7, 11) is -3.56. The van der Waals surface area contributed by atoms with Crippen molar-refractivity contribution in [3.8, 4) is 0 Å². The molecule has 126 valence electrons. The number of hydrogen-bond acceptors (Lipinski definition) is 5. The summed E-state index contributed by atoms with van der Waals surface area (Å²) >= 11 is 0. The van der Waals surface area contributed by atoms with E-state index in [-0.39, 0.29) is 16.9 Å². The third-order valence-electron chi connectivity index (χ3n) is 3.56. The Hall–Kier alpha value is -1.73. The molecule has 1 aromatic carbocycles. The van der Waals surface area contributed by atoms with Crippen LogP contribution in [0.2, 0.25) is 0 Å². The summed E-state index contributed by atoms with van der Waals surface area (Å²) in [4.78, 5) is 3.90. The summed E-state index contributed by atoms with van der Waals surface area (Å²) in [6.07, 6.45) is 2.69. The average Bonchev–Trinajstić information content (AvgIpc) is 2.92. The summed E-state index contributed by atoms with van der Waals surface area (Å²) in [6.45, 7) is 6.31. The maximum absolute atomic E-state index is 13.9. The second kappa shape index (κ2) is 6.80. The first-order valence-electron chi connectivity index (χ1n) is 7.36. The van der Waals surface area contributed by atoms with Crippen molar-refractivity contribution in [1.82, 2.24) is 10.3 Å². The van der Waals surface area contributed by atoms with Gasteiger partial charge in [-0.25, -0.2) is 17.8 Å². The van der Waals surface area contributed by atoms with E-state index in [1.54, 1.807) is 12.3 Å². The van der Waals surface area contributed by atoms with Crippen molar-refractivity contribution in [3.63, 3.8) is 0 Å². The Labute approximate surface area is 135 Å². The zero-order valence-corrected chi connectivity index (χ0v) is 14.4. The smallest absolute Gasteiger partial charge is 0.208 e. The molecule has 0 amide bonds. The van der Waals surface area contributed by atoms with E-state index in [0.29, 0.717) is 18.0 Å². The molecule has 0 aliphatic carbocycles. The molecule has 0 spiro atoms. The normalized spacial score (nSPS) is 13.5. The molecule has 2 aromatic rings. The van der Waals surface area contributed by atoms with E-state index in [0.717, 1.165) is 12.0 Å². The molecule has 0 bridgehead atoms. The van der Waals surface area contributed by atoms with Crippen molar-refractivity contribution in [2.75, 3.05) is 6.26 Å². The molecule has 23 heavy (non-hydrogen) atoms. The Morgan fingerprint density at radius 3 is 2.52 bits per heavy atom. The van der Waals surface area contributed by atoms with Crippen LogP contribution < -0.4 is 5.32 Å². The molecule has 1 aromatic heterocycles. The van der Waals surface area contributed by atoms with Gasteiger partial charge in [0, 0.05) is 18.2 Å². The van der Waals surface area contributed by atoms with E-state index >= 15 is 0 Å². The molecule has 0 aliphatic heterocycles. The summed E-state index contributed by atoms with van der Waals surface area (Å²) < 4.78 is 42.4. The Balaban J connectivity index is 2.05. The fourth-order valence-electron chi connectivity index (χ4n) is 2.12. The van der Waals surface area contributed by atoms with Gasteiger partial charge in [-0.2, -0.15) is 0 Å². The van der Waals surface area contributed by atoms with E-state index < -0.39 is 15.7 Å². The van der Waals surface area contributed by atoms with Crippen molar-refractivity contribution < 1.29 is 17.2 Å². The molecule has 0 unspecified atom stereocenters. The van der Waals surface area contributed by atoms with Gasteiger partial charge in [0.15, 0.2) is 9.84 Å². The minimum atomic E-state index is -3.56. The number of aromatic nitrogens is 1. The predicted octanol–water partition coefficient (Wildman–Crippen LogP) is 3.19. The van der Waals surface area contributed by atoms with Crippen LogP contribution in [0.15, 0.2) is 33.7 Å². The van der Waals surface area contributed by atoms with Crippen molar-refractivity contribution >= 4 is 9.84 Å². The predicted molar refractivity (Wildman–Crippen MR) is 85.4 cm³/mol. The van der Waals surface area contributed by atoms with E-state index in [2.05, 4.69) is 10.3 Å². The summed E-state index contributed by atoms with van der Waals surface area (Å²) in [5, 5.41) is 3.18. The highest BCUT2D eigenvalue weighted by Gasteiger charge is 2.16. The maximum Gasteiger partial charge on any atom is 0.208 e. The van der Waals surface area contributed by atoms with Gasteiger partial charge < -0.3 is 9.73 Å². The van der Waals surface area contributed by atoms with Gasteiger partial charge in [0.1, 0.15) is 16.5 Å². The van der Waals surface area contributed by atoms with Crippen LogP contribution in [-0.4, -0.2) is 19.7 Å². The van der Waals surface area contributed by atoms with E-state index in [9.17, 15) is 12.8 Å². The lowest BCUT2D eigenvalue weighted by Gasteiger charge is -2.14. The number of halogens is 1. The third kappa shape index (κ3) is 4.39.